The first kappa shape index (κ1) is 13.0. The first-order valence-electron chi connectivity index (χ1n) is 5.55. The van der Waals surface area contributed by atoms with E-state index >= 15 is 0 Å². The maximum Gasteiger partial charge on any atom is 0.252 e. The molecule has 2 aromatic carbocycles. The van der Waals surface area contributed by atoms with Gasteiger partial charge in [0.25, 0.3) is 5.91 Å². The molecule has 0 aliphatic carbocycles. The highest BCUT2D eigenvalue weighted by Gasteiger charge is 2.12. The summed E-state index contributed by atoms with van der Waals surface area (Å²) >= 11 is 4.96. The first-order chi connectivity index (χ1) is 9.09. The molecule has 0 aliphatic rings. The van der Waals surface area contributed by atoms with Crippen molar-refractivity contribution in [2.75, 3.05) is 0 Å². The van der Waals surface area contributed by atoms with Crippen LogP contribution >= 0.6 is 12.2 Å². The summed E-state index contributed by atoms with van der Waals surface area (Å²) in [6, 6.07) is 13.8. The molecule has 4 nitrogen and oxygen atoms in total. The van der Waals surface area contributed by atoms with Crippen LogP contribution < -0.4 is 16.2 Å². The Labute approximate surface area is 116 Å². The van der Waals surface area contributed by atoms with Crippen molar-refractivity contribution in [2.45, 2.75) is 0 Å². The van der Waals surface area contributed by atoms with Gasteiger partial charge in [-0.15, -0.1) is 0 Å². The van der Waals surface area contributed by atoms with E-state index in [2.05, 4.69) is 0 Å². The third-order valence-corrected chi connectivity index (χ3v) is 2.74. The molecule has 0 bridgehead atoms. The standard InChI is InChI=1S/C14H12N2O2S/c15-13(17)9-5-1-3-7-11(9)18-12-8-4-2-6-10(12)14(16)19/h1-8H,(H2,15,17)(H2,16,19). The third kappa shape index (κ3) is 2.89. The van der Waals surface area contributed by atoms with Gasteiger partial charge in [-0.05, 0) is 24.3 Å². The number of rotatable bonds is 4. The van der Waals surface area contributed by atoms with Gasteiger partial charge in [0.15, 0.2) is 0 Å². The number of carbonyl (C=O) groups excluding carboxylic acids is 1. The van der Waals surface area contributed by atoms with Gasteiger partial charge in [0.2, 0.25) is 0 Å². The summed E-state index contributed by atoms with van der Waals surface area (Å²) in [6.07, 6.45) is 0. The minimum Gasteiger partial charge on any atom is -0.456 e. The average molecular weight is 272 g/mol. The molecule has 0 saturated carbocycles. The summed E-state index contributed by atoms with van der Waals surface area (Å²) in [6.45, 7) is 0. The number of hydrogen-bond acceptors (Lipinski definition) is 3. The molecular formula is C14H12N2O2S. The zero-order valence-electron chi connectivity index (χ0n) is 10.00. The second kappa shape index (κ2) is 5.49. The monoisotopic (exact) mass is 272 g/mol. The number of nitrogens with two attached hydrogens (primary N) is 2. The van der Waals surface area contributed by atoms with Crippen molar-refractivity contribution in [3.8, 4) is 11.5 Å². The number of primary amides is 1. The van der Waals surface area contributed by atoms with Crippen molar-refractivity contribution in [3.05, 3.63) is 59.7 Å². The maximum absolute atomic E-state index is 11.3. The minimum atomic E-state index is -0.552. The molecule has 1 amide bonds. The Balaban J connectivity index is 2.42. The Hall–Kier alpha value is -2.40. The molecule has 0 aliphatic heterocycles. The molecule has 0 fully saturated rings. The van der Waals surface area contributed by atoms with E-state index in [0.717, 1.165) is 0 Å². The molecular weight excluding hydrogens is 260 g/mol. The second-order valence-corrected chi connectivity index (χ2v) is 4.26. The van der Waals surface area contributed by atoms with Crippen LogP contribution in [-0.2, 0) is 0 Å². The van der Waals surface area contributed by atoms with E-state index in [4.69, 9.17) is 28.4 Å². The molecule has 96 valence electrons. The van der Waals surface area contributed by atoms with Crippen molar-refractivity contribution >= 4 is 23.1 Å². The van der Waals surface area contributed by atoms with Crippen LogP contribution in [0.1, 0.15) is 15.9 Å². The quantitative estimate of drug-likeness (QED) is 0.836. The zero-order valence-corrected chi connectivity index (χ0v) is 10.8. The Morgan fingerprint density at radius 3 is 1.89 bits per heavy atom. The van der Waals surface area contributed by atoms with Crippen LogP contribution in [0.25, 0.3) is 0 Å². The van der Waals surface area contributed by atoms with Crippen LogP contribution in [0.15, 0.2) is 48.5 Å². The fourth-order valence-corrected chi connectivity index (χ4v) is 1.81. The smallest absolute Gasteiger partial charge is 0.252 e. The van der Waals surface area contributed by atoms with Crippen molar-refractivity contribution in [1.82, 2.24) is 0 Å². The van der Waals surface area contributed by atoms with E-state index in [-0.39, 0.29) is 4.99 Å². The SMILES string of the molecule is NC(=O)c1ccccc1Oc1ccccc1C(N)=S. The molecule has 5 heteroatoms. The summed E-state index contributed by atoms with van der Waals surface area (Å²) in [5.41, 5.74) is 11.8. The van der Waals surface area contributed by atoms with E-state index in [1.54, 1.807) is 48.5 Å². The topological polar surface area (TPSA) is 78.3 Å². The largest absolute Gasteiger partial charge is 0.456 e. The van der Waals surface area contributed by atoms with E-state index < -0.39 is 5.91 Å². The zero-order chi connectivity index (χ0) is 13.8. The molecule has 0 radical (unpaired) electrons. The van der Waals surface area contributed by atoms with Crippen molar-refractivity contribution in [3.63, 3.8) is 0 Å². The fraction of sp³-hybridized carbons (Fsp3) is 0. The number of thiocarbonyl (C=S) groups is 1. The van der Waals surface area contributed by atoms with Gasteiger partial charge in [-0.1, -0.05) is 36.5 Å². The predicted molar refractivity (Wildman–Crippen MR) is 77.4 cm³/mol. The van der Waals surface area contributed by atoms with Crippen LogP contribution in [0.2, 0.25) is 0 Å². The average Bonchev–Trinajstić information content (AvgIpc) is 2.39. The van der Waals surface area contributed by atoms with Gasteiger partial charge in [-0.3, -0.25) is 4.79 Å². The molecule has 4 N–H and O–H groups in total. The Morgan fingerprint density at radius 2 is 1.37 bits per heavy atom. The van der Waals surface area contributed by atoms with Crippen LogP contribution in [0, 0.1) is 0 Å². The number of carbonyl (C=O) groups is 1. The van der Waals surface area contributed by atoms with Crippen molar-refractivity contribution in [1.29, 1.82) is 0 Å². The van der Waals surface area contributed by atoms with Crippen molar-refractivity contribution in [2.24, 2.45) is 11.5 Å². The highest BCUT2D eigenvalue weighted by atomic mass is 32.1. The van der Waals surface area contributed by atoms with Crippen LogP contribution in [-0.4, -0.2) is 10.9 Å². The Morgan fingerprint density at radius 1 is 0.895 bits per heavy atom. The molecule has 0 aromatic heterocycles. The number of benzene rings is 2. The van der Waals surface area contributed by atoms with Gasteiger partial charge in [0, 0.05) is 0 Å². The first-order valence-corrected chi connectivity index (χ1v) is 5.96. The number of hydrogen-bond donors (Lipinski definition) is 2. The van der Waals surface area contributed by atoms with E-state index in [1.165, 1.54) is 0 Å². The molecule has 2 rings (SSSR count). The Kier molecular flexibility index (Phi) is 3.77. The lowest BCUT2D eigenvalue weighted by Crippen LogP contribution is -2.13. The lowest BCUT2D eigenvalue weighted by atomic mass is 10.1. The molecule has 2 aromatic rings. The third-order valence-electron chi connectivity index (χ3n) is 2.52. The lowest BCUT2D eigenvalue weighted by molar-refractivity contribution is 0.0998. The summed E-state index contributed by atoms with van der Waals surface area (Å²) in [5.74, 6) is 0.311. The van der Waals surface area contributed by atoms with Gasteiger partial charge in [0.05, 0.1) is 11.1 Å². The van der Waals surface area contributed by atoms with E-state index in [9.17, 15) is 4.79 Å². The second-order valence-electron chi connectivity index (χ2n) is 3.82. The number of para-hydroxylation sites is 2. The number of ether oxygens (including phenoxy) is 1. The summed E-state index contributed by atoms with van der Waals surface area (Å²) in [7, 11) is 0. The fourth-order valence-electron chi connectivity index (χ4n) is 1.64. The molecule has 0 saturated heterocycles. The number of amides is 1. The highest BCUT2D eigenvalue weighted by molar-refractivity contribution is 7.80. The van der Waals surface area contributed by atoms with E-state index in [0.29, 0.717) is 22.6 Å². The van der Waals surface area contributed by atoms with E-state index in [1.807, 2.05) is 0 Å². The lowest BCUT2D eigenvalue weighted by Gasteiger charge is -2.12. The van der Waals surface area contributed by atoms with Crippen molar-refractivity contribution < 1.29 is 9.53 Å². The summed E-state index contributed by atoms with van der Waals surface area (Å²) < 4.78 is 5.69. The summed E-state index contributed by atoms with van der Waals surface area (Å²) in [4.78, 5) is 11.6. The van der Waals surface area contributed by atoms with Gasteiger partial charge >= 0.3 is 0 Å². The van der Waals surface area contributed by atoms with Gasteiger partial charge in [0.1, 0.15) is 16.5 Å². The molecule has 0 atom stereocenters. The Bertz CT molecular complexity index is 585. The molecule has 0 unspecified atom stereocenters. The molecule has 0 spiro atoms. The van der Waals surface area contributed by atoms with Gasteiger partial charge in [-0.25, -0.2) is 0 Å². The van der Waals surface area contributed by atoms with Crippen LogP contribution in [0.3, 0.4) is 0 Å². The van der Waals surface area contributed by atoms with Gasteiger partial charge < -0.3 is 16.2 Å². The van der Waals surface area contributed by atoms with Crippen LogP contribution in [0.4, 0.5) is 0 Å². The normalized spacial score (nSPS) is 9.89. The van der Waals surface area contributed by atoms with Crippen LogP contribution in [0.5, 0.6) is 11.5 Å². The minimum absolute atomic E-state index is 0.229. The highest BCUT2D eigenvalue weighted by Crippen LogP contribution is 2.27. The molecule has 0 heterocycles. The summed E-state index contributed by atoms with van der Waals surface area (Å²) in [5, 5.41) is 0. The molecule has 19 heavy (non-hydrogen) atoms. The van der Waals surface area contributed by atoms with Gasteiger partial charge in [-0.2, -0.15) is 0 Å². The predicted octanol–water partition coefficient (Wildman–Crippen LogP) is 2.21. The maximum atomic E-state index is 11.3.